The molecule has 0 saturated heterocycles. The van der Waals surface area contributed by atoms with Crippen LogP contribution in [0.25, 0.3) is 0 Å². The normalized spacial score (nSPS) is 13.0. The van der Waals surface area contributed by atoms with Gasteiger partial charge in [-0.05, 0) is 18.6 Å². The Morgan fingerprint density at radius 2 is 2.06 bits per heavy atom. The Morgan fingerprint density at radius 1 is 1.33 bits per heavy atom. The van der Waals surface area contributed by atoms with Gasteiger partial charge in [0.1, 0.15) is 6.61 Å². The van der Waals surface area contributed by atoms with Crippen molar-refractivity contribution in [1.82, 2.24) is 5.32 Å². The molecule has 1 rings (SSSR count). The SMILES string of the molecule is CC(NCCOCC(F)F)c1cccc(Cl)c1Cl. The van der Waals surface area contributed by atoms with Gasteiger partial charge in [-0.1, -0.05) is 35.3 Å². The molecule has 0 fully saturated rings. The monoisotopic (exact) mass is 297 g/mol. The van der Waals surface area contributed by atoms with Crippen molar-refractivity contribution in [3.8, 4) is 0 Å². The Morgan fingerprint density at radius 3 is 2.72 bits per heavy atom. The molecule has 102 valence electrons. The van der Waals surface area contributed by atoms with Gasteiger partial charge in [0.25, 0.3) is 6.43 Å². The highest BCUT2D eigenvalue weighted by atomic mass is 35.5. The molecule has 6 heteroatoms. The van der Waals surface area contributed by atoms with Crippen LogP contribution in [0.4, 0.5) is 8.78 Å². The number of halogens is 4. The number of alkyl halides is 2. The van der Waals surface area contributed by atoms with E-state index in [1.165, 1.54) is 0 Å². The van der Waals surface area contributed by atoms with E-state index in [0.717, 1.165) is 5.56 Å². The molecule has 18 heavy (non-hydrogen) atoms. The number of rotatable bonds is 7. The Labute approximate surface area is 115 Å². The third-order valence-corrected chi connectivity index (χ3v) is 3.22. The van der Waals surface area contributed by atoms with Crippen LogP contribution in [0.2, 0.25) is 10.0 Å². The fraction of sp³-hybridized carbons (Fsp3) is 0.500. The molecule has 1 aromatic carbocycles. The maximum absolute atomic E-state index is 11.8. The van der Waals surface area contributed by atoms with Crippen LogP contribution in [0.3, 0.4) is 0 Å². The summed E-state index contributed by atoms with van der Waals surface area (Å²) in [5, 5.41) is 4.13. The summed E-state index contributed by atoms with van der Waals surface area (Å²) in [7, 11) is 0. The largest absolute Gasteiger partial charge is 0.374 e. The van der Waals surface area contributed by atoms with E-state index < -0.39 is 13.0 Å². The van der Waals surface area contributed by atoms with Crippen LogP contribution in [0.15, 0.2) is 18.2 Å². The Kier molecular flexibility index (Phi) is 6.86. The molecule has 0 aliphatic rings. The summed E-state index contributed by atoms with van der Waals surface area (Å²) in [4.78, 5) is 0. The van der Waals surface area contributed by atoms with Crippen molar-refractivity contribution in [2.45, 2.75) is 19.4 Å². The van der Waals surface area contributed by atoms with Gasteiger partial charge in [0.05, 0.1) is 16.7 Å². The third-order valence-electron chi connectivity index (χ3n) is 2.39. The molecule has 0 amide bonds. The summed E-state index contributed by atoms with van der Waals surface area (Å²) < 4.78 is 28.4. The lowest BCUT2D eigenvalue weighted by molar-refractivity contribution is 0.0183. The minimum atomic E-state index is -2.43. The van der Waals surface area contributed by atoms with Gasteiger partial charge in [-0.3, -0.25) is 0 Å². The first-order chi connectivity index (χ1) is 8.52. The van der Waals surface area contributed by atoms with E-state index in [1.54, 1.807) is 6.07 Å². The van der Waals surface area contributed by atoms with Crippen LogP contribution in [0.5, 0.6) is 0 Å². The molecule has 0 spiro atoms. The highest BCUT2D eigenvalue weighted by molar-refractivity contribution is 6.42. The van der Waals surface area contributed by atoms with E-state index in [-0.39, 0.29) is 12.6 Å². The minimum absolute atomic E-state index is 0.0219. The smallest absolute Gasteiger partial charge is 0.261 e. The molecular formula is C12H15Cl2F2NO. The third kappa shape index (κ3) is 5.06. The molecule has 0 aliphatic carbocycles. The van der Waals surface area contributed by atoms with Gasteiger partial charge >= 0.3 is 0 Å². The van der Waals surface area contributed by atoms with Gasteiger partial charge in [0.2, 0.25) is 0 Å². The number of ether oxygens (including phenoxy) is 1. The number of benzene rings is 1. The molecule has 1 unspecified atom stereocenters. The first-order valence-electron chi connectivity index (χ1n) is 5.55. The molecule has 2 nitrogen and oxygen atoms in total. The first-order valence-corrected chi connectivity index (χ1v) is 6.31. The van der Waals surface area contributed by atoms with E-state index in [1.807, 2.05) is 19.1 Å². The predicted molar refractivity (Wildman–Crippen MR) is 69.7 cm³/mol. The predicted octanol–water partition coefficient (Wildman–Crippen LogP) is 3.93. The molecular weight excluding hydrogens is 283 g/mol. The van der Waals surface area contributed by atoms with Crippen LogP contribution < -0.4 is 5.32 Å². The lowest BCUT2D eigenvalue weighted by atomic mass is 10.1. The number of nitrogens with one attached hydrogen (secondary N) is 1. The summed E-state index contributed by atoms with van der Waals surface area (Å²) in [6, 6.07) is 5.37. The zero-order valence-corrected chi connectivity index (χ0v) is 11.4. The van der Waals surface area contributed by atoms with E-state index in [0.29, 0.717) is 16.6 Å². The quantitative estimate of drug-likeness (QED) is 0.770. The van der Waals surface area contributed by atoms with Gasteiger partial charge < -0.3 is 10.1 Å². The Balaban J connectivity index is 2.36. The van der Waals surface area contributed by atoms with Crippen molar-refractivity contribution in [2.75, 3.05) is 19.8 Å². The van der Waals surface area contributed by atoms with E-state index in [2.05, 4.69) is 5.32 Å². The Bertz CT molecular complexity index is 377. The fourth-order valence-electron chi connectivity index (χ4n) is 1.48. The fourth-order valence-corrected chi connectivity index (χ4v) is 1.96. The van der Waals surface area contributed by atoms with E-state index >= 15 is 0 Å². The van der Waals surface area contributed by atoms with Gasteiger partial charge in [0.15, 0.2) is 0 Å². The zero-order valence-electron chi connectivity index (χ0n) is 9.93. The van der Waals surface area contributed by atoms with E-state index in [4.69, 9.17) is 27.9 Å². The lowest BCUT2D eigenvalue weighted by Crippen LogP contribution is -2.24. The molecule has 0 heterocycles. The van der Waals surface area contributed by atoms with Crippen molar-refractivity contribution in [3.05, 3.63) is 33.8 Å². The molecule has 0 saturated carbocycles. The summed E-state index contributed by atoms with van der Waals surface area (Å²) in [6.07, 6.45) is -2.43. The van der Waals surface area contributed by atoms with Crippen LogP contribution in [0, 0.1) is 0 Å². The standard InChI is InChI=1S/C12H15Cl2F2NO/c1-8(17-5-6-18-7-11(15)16)9-3-2-4-10(13)12(9)14/h2-4,8,11,17H,5-7H2,1H3. The van der Waals surface area contributed by atoms with Gasteiger partial charge in [-0.15, -0.1) is 0 Å². The molecule has 0 aliphatic heterocycles. The van der Waals surface area contributed by atoms with Crippen molar-refractivity contribution in [2.24, 2.45) is 0 Å². The van der Waals surface area contributed by atoms with Crippen LogP contribution in [-0.4, -0.2) is 26.2 Å². The second-order valence-corrected chi connectivity index (χ2v) is 4.57. The second-order valence-electron chi connectivity index (χ2n) is 3.78. The molecule has 1 aromatic rings. The van der Waals surface area contributed by atoms with E-state index in [9.17, 15) is 8.78 Å². The zero-order chi connectivity index (χ0) is 13.5. The Hall–Kier alpha value is -0.420. The summed E-state index contributed by atoms with van der Waals surface area (Å²) in [5.74, 6) is 0. The van der Waals surface area contributed by atoms with Crippen LogP contribution in [-0.2, 0) is 4.74 Å². The molecule has 1 atom stereocenters. The van der Waals surface area contributed by atoms with Gasteiger partial charge in [0, 0.05) is 12.6 Å². The maximum atomic E-state index is 11.8. The lowest BCUT2D eigenvalue weighted by Gasteiger charge is -2.16. The van der Waals surface area contributed by atoms with Gasteiger partial charge in [-0.2, -0.15) is 0 Å². The van der Waals surface area contributed by atoms with Crippen LogP contribution in [0.1, 0.15) is 18.5 Å². The van der Waals surface area contributed by atoms with Gasteiger partial charge in [-0.25, -0.2) is 8.78 Å². The topological polar surface area (TPSA) is 21.3 Å². The average molecular weight is 298 g/mol. The maximum Gasteiger partial charge on any atom is 0.261 e. The number of hydrogen-bond donors (Lipinski definition) is 1. The second kappa shape index (κ2) is 7.89. The summed E-state index contributed by atoms with van der Waals surface area (Å²) >= 11 is 12.0. The van der Waals surface area contributed by atoms with Crippen molar-refractivity contribution in [1.29, 1.82) is 0 Å². The first kappa shape index (κ1) is 15.6. The van der Waals surface area contributed by atoms with Crippen molar-refractivity contribution < 1.29 is 13.5 Å². The average Bonchev–Trinajstić information content (AvgIpc) is 2.31. The van der Waals surface area contributed by atoms with Crippen molar-refractivity contribution in [3.63, 3.8) is 0 Å². The van der Waals surface area contributed by atoms with Crippen molar-refractivity contribution >= 4 is 23.2 Å². The molecule has 0 radical (unpaired) electrons. The summed E-state index contributed by atoms with van der Waals surface area (Å²) in [6.45, 7) is 2.09. The minimum Gasteiger partial charge on any atom is -0.374 e. The molecule has 1 N–H and O–H groups in total. The number of hydrogen-bond acceptors (Lipinski definition) is 2. The highest BCUT2D eigenvalue weighted by Gasteiger charge is 2.11. The molecule has 0 aromatic heterocycles. The molecule has 0 bridgehead atoms. The highest BCUT2D eigenvalue weighted by Crippen LogP contribution is 2.29. The summed E-state index contributed by atoms with van der Waals surface area (Å²) in [5.41, 5.74) is 0.873. The van der Waals surface area contributed by atoms with Crippen LogP contribution >= 0.6 is 23.2 Å².